The molecule has 1 atom stereocenters. The molecule has 1 N–H and O–H groups in total. The summed E-state index contributed by atoms with van der Waals surface area (Å²) in [7, 11) is 1.72. The minimum Gasteiger partial charge on any atom is -0.480 e. The van der Waals surface area contributed by atoms with Crippen molar-refractivity contribution >= 4 is 11.9 Å². The number of rotatable bonds is 5. The summed E-state index contributed by atoms with van der Waals surface area (Å²) in [6.45, 7) is 5.53. The van der Waals surface area contributed by atoms with Crippen LogP contribution in [0.1, 0.15) is 21.9 Å². The minimum absolute atomic E-state index is 0.0512. The first-order valence-electron chi connectivity index (χ1n) is 7.25. The van der Waals surface area contributed by atoms with E-state index in [1.54, 1.807) is 22.9 Å². The van der Waals surface area contributed by atoms with Crippen molar-refractivity contribution in [2.45, 2.75) is 20.0 Å². The fourth-order valence-electron chi connectivity index (χ4n) is 2.49. The van der Waals surface area contributed by atoms with Crippen LogP contribution in [-0.2, 0) is 9.53 Å². The zero-order valence-corrected chi connectivity index (χ0v) is 13.2. The molecular weight excluding hydrogens is 288 g/mol. The van der Waals surface area contributed by atoms with E-state index in [4.69, 9.17) is 14.3 Å². The predicted octanol–water partition coefficient (Wildman–Crippen LogP) is 0.754. The van der Waals surface area contributed by atoms with Crippen molar-refractivity contribution in [3.63, 3.8) is 0 Å². The van der Waals surface area contributed by atoms with Crippen LogP contribution in [0.5, 0.6) is 0 Å². The molecule has 1 amide bonds. The van der Waals surface area contributed by atoms with E-state index >= 15 is 0 Å². The van der Waals surface area contributed by atoms with Gasteiger partial charge in [0.15, 0.2) is 5.76 Å². The van der Waals surface area contributed by atoms with Crippen molar-refractivity contribution < 1.29 is 23.8 Å². The van der Waals surface area contributed by atoms with E-state index < -0.39 is 5.97 Å². The van der Waals surface area contributed by atoms with E-state index in [-0.39, 0.29) is 18.6 Å². The molecule has 122 valence electrons. The number of carboxylic acid groups (broad SMARTS) is 1. The van der Waals surface area contributed by atoms with Crippen LogP contribution in [0.15, 0.2) is 10.5 Å². The number of hydrogen-bond donors (Lipinski definition) is 1. The molecule has 1 fully saturated rings. The Bertz CT molecular complexity index is 535. The zero-order chi connectivity index (χ0) is 16.3. The molecule has 22 heavy (non-hydrogen) atoms. The molecule has 7 nitrogen and oxygen atoms in total. The third-order valence-electron chi connectivity index (χ3n) is 3.72. The summed E-state index contributed by atoms with van der Waals surface area (Å²) in [5, 5.41) is 8.77. The van der Waals surface area contributed by atoms with Crippen molar-refractivity contribution in [3.05, 3.63) is 23.2 Å². The Balaban J connectivity index is 1.95. The number of ether oxygens (including phenoxy) is 1. The number of carbonyl (C=O) groups is 2. The van der Waals surface area contributed by atoms with Gasteiger partial charge in [-0.15, -0.1) is 0 Å². The second-order valence-corrected chi connectivity index (χ2v) is 5.68. The fraction of sp³-hybridized carbons (Fsp3) is 0.600. The van der Waals surface area contributed by atoms with Crippen LogP contribution in [0.2, 0.25) is 0 Å². The summed E-state index contributed by atoms with van der Waals surface area (Å²) in [5.74, 6) is 0.0575. The van der Waals surface area contributed by atoms with Crippen LogP contribution in [0.4, 0.5) is 0 Å². The first kappa shape index (κ1) is 16.5. The van der Waals surface area contributed by atoms with E-state index in [0.29, 0.717) is 32.0 Å². The molecule has 1 aromatic heterocycles. The molecule has 0 saturated carbocycles. The number of amides is 1. The Morgan fingerprint density at radius 3 is 2.77 bits per heavy atom. The first-order valence-corrected chi connectivity index (χ1v) is 7.25. The Labute approximate surface area is 129 Å². The van der Waals surface area contributed by atoms with Crippen molar-refractivity contribution in [2.75, 3.05) is 39.8 Å². The molecule has 1 aliphatic heterocycles. The van der Waals surface area contributed by atoms with Crippen molar-refractivity contribution in [1.29, 1.82) is 0 Å². The lowest BCUT2D eigenvalue weighted by atomic mass is 10.2. The van der Waals surface area contributed by atoms with Gasteiger partial charge in [0.1, 0.15) is 5.76 Å². The maximum atomic E-state index is 12.4. The molecule has 2 heterocycles. The third kappa shape index (κ3) is 4.08. The molecule has 7 heteroatoms. The molecule has 0 aromatic carbocycles. The number of aliphatic carboxylic acids is 1. The quantitative estimate of drug-likeness (QED) is 0.864. The molecule has 0 bridgehead atoms. The summed E-state index contributed by atoms with van der Waals surface area (Å²) in [6, 6.07) is 1.75. The summed E-state index contributed by atoms with van der Waals surface area (Å²) >= 11 is 0. The highest BCUT2D eigenvalue weighted by molar-refractivity contribution is 5.91. The highest BCUT2D eigenvalue weighted by atomic mass is 16.5. The van der Waals surface area contributed by atoms with Gasteiger partial charge in [-0.1, -0.05) is 0 Å². The monoisotopic (exact) mass is 310 g/mol. The largest absolute Gasteiger partial charge is 0.480 e. The standard InChI is InChI=1S/C15H22N2O5/c1-10-6-13(22-11(10)2)15(20)17-4-5-21-12(8-17)7-16(3)9-14(18)19/h6,12H,4-5,7-9H2,1-3H3,(H,18,19). The average Bonchev–Trinajstić information content (AvgIpc) is 2.77. The molecule has 0 spiro atoms. The van der Waals surface area contributed by atoms with Crippen molar-refractivity contribution in [3.8, 4) is 0 Å². The third-order valence-corrected chi connectivity index (χ3v) is 3.72. The van der Waals surface area contributed by atoms with Crippen LogP contribution in [0.3, 0.4) is 0 Å². The summed E-state index contributed by atoms with van der Waals surface area (Å²) in [5.41, 5.74) is 0.953. The van der Waals surface area contributed by atoms with E-state index in [2.05, 4.69) is 0 Å². The van der Waals surface area contributed by atoms with Crippen LogP contribution in [0, 0.1) is 13.8 Å². The molecule has 0 radical (unpaired) electrons. The molecule has 1 aliphatic rings. The van der Waals surface area contributed by atoms with Gasteiger partial charge in [0, 0.05) is 19.6 Å². The van der Waals surface area contributed by atoms with Gasteiger partial charge in [-0.3, -0.25) is 14.5 Å². The molecule has 1 saturated heterocycles. The maximum Gasteiger partial charge on any atom is 0.317 e. The smallest absolute Gasteiger partial charge is 0.317 e. The van der Waals surface area contributed by atoms with Crippen LogP contribution in [0.25, 0.3) is 0 Å². The molecule has 1 unspecified atom stereocenters. The lowest BCUT2D eigenvalue weighted by Gasteiger charge is -2.34. The first-order chi connectivity index (χ1) is 10.4. The fourth-order valence-corrected chi connectivity index (χ4v) is 2.49. The molecule has 0 aliphatic carbocycles. The van der Waals surface area contributed by atoms with Crippen molar-refractivity contribution in [1.82, 2.24) is 9.80 Å². The van der Waals surface area contributed by atoms with Gasteiger partial charge in [-0.2, -0.15) is 0 Å². The van der Waals surface area contributed by atoms with Crippen LogP contribution >= 0.6 is 0 Å². The second-order valence-electron chi connectivity index (χ2n) is 5.68. The van der Waals surface area contributed by atoms with Gasteiger partial charge in [0.2, 0.25) is 0 Å². The summed E-state index contributed by atoms with van der Waals surface area (Å²) in [6.07, 6.45) is -0.195. The number of nitrogens with zero attached hydrogens (tertiary/aromatic N) is 2. The van der Waals surface area contributed by atoms with Gasteiger partial charge < -0.3 is 19.2 Å². The normalized spacial score (nSPS) is 18.7. The topological polar surface area (TPSA) is 83.2 Å². The number of carbonyl (C=O) groups excluding carboxylic acids is 1. The SMILES string of the molecule is Cc1cc(C(=O)N2CCOC(CN(C)CC(=O)O)C2)oc1C. The van der Waals surface area contributed by atoms with E-state index in [9.17, 15) is 9.59 Å². The highest BCUT2D eigenvalue weighted by Gasteiger charge is 2.28. The predicted molar refractivity (Wildman–Crippen MR) is 79.0 cm³/mol. The van der Waals surface area contributed by atoms with Gasteiger partial charge in [0.05, 0.1) is 19.3 Å². The van der Waals surface area contributed by atoms with Crippen LogP contribution in [-0.4, -0.2) is 72.7 Å². The minimum atomic E-state index is -0.882. The summed E-state index contributed by atoms with van der Waals surface area (Å²) < 4.78 is 11.1. The molecule has 2 rings (SSSR count). The lowest BCUT2D eigenvalue weighted by Crippen LogP contribution is -2.49. The Morgan fingerprint density at radius 2 is 2.18 bits per heavy atom. The Morgan fingerprint density at radius 1 is 1.45 bits per heavy atom. The van der Waals surface area contributed by atoms with Crippen molar-refractivity contribution in [2.24, 2.45) is 0 Å². The maximum absolute atomic E-state index is 12.4. The lowest BCUT2D eigenvalue weighted by molar-refractivity contribution is -0.138. The Kier molecular flexibility index (Phi) is 5.20. The second kappa shape index (κ2) is 6.93. The Hall–Kier alpha value is -1.86. The van der Waals surface area contributed by atoms with E-state index in [0.717, 1.165) is 11.3 Å². The number of likely N-dealkylation sites (N-methyl/N-ethyl adjacent to an activating group) is 1. The van der Waals surface area contributed by atoms with E-state index in [1.807, 2.05) is 13.8 Å². The number of carboxylic acids is 1. The van der Waals surface area contributed by atoms with Gasteiger partial charge in [-0.05, 0) is 32.5 Å². The van der Waals surface area contributed by atoms with Gasteiger partial charge in [-0.25, -0.2) is 0 Å². The zero-order valence-electron chi connectivity index (χ0n) is 13.2. The van der Waals surface area contributed by atoms with Gasteiger partial charge >= 0.3 is 5.97 Å². The number of furan rings is 1. The van der Waals surface area contributed by atoms with Gasteiger partial charge in [0.25, 0.3) is 5.91 Å². The highest BCUT2D eigenvalue weighted by Crippen LogP contribution is 2.17. The molecule has 1 aromatic rings. The molecular formula is C15H22N2O5. The number of hydrogen-bond acceptors (Lipinski definition) is 5. The van der Waals surface area contributed by atoms with E-state index in [1.165, 1.54) is 0 Å². The number of aryl methyl sites for hydroxylation is 2. The summed E-state index contributed by atoms with van der Waals surface area (Å²) in [4.78, 5) is 26.5. The van der Waals surface area contributed by atoms with Crippen LogP contribution < -0.4 is 0 Å². The number of morpholine rings is 1. The average molecular weight is 310 g/mol.